The molecule has 3 aromatic rings. The smallest absolute Gasteiger partial charge is 0.247 e. The summed E-state index contributed by atoms with van der Waals surface area (Å²) in [5, 5.41) is 2.79. The fourth-order valence-corrected chi connectivity index (χ4v) is 4.39. The van der Waals surface area contributed by atoms with Crippen molar-refractivity contribution in [3.63, 3.8) is 0 Å². The highest BCUT2D eigenvalue weighted by Gasteiger charge is 2.37. The van der Waals surface area contributed by atoms with E-state index in [0.717, 1.165) is 17.4 Å². The average Bonchev–Trinajstić information content (AvgIpc) is 2.74. The lowest BCUT2D eigenvalue weighted by Gasteiger charge is -2.37. The summed E-state index contributed by atoms with van der Waals surface area (Å²) in [7, 11) is -3.46. The minimum Gasteiger partial charge on any atom is -0.322 e. The van der Waals surface area contributed by atoms with Gasteiger partial charge in [0.2, 0.25) is 11.8 Å². The molecule has 1 heterocycles. The molecule has 6 nitrogen and oxygen atoms in total. The number of rotatable bonds is 5. The largest absolute Gasteiger partial charge is 0.322 e. The molecule has 0 saturated heterocycles. The maximum atomic E-state index is 13.4. The van der Waals surface area contributed by atoms with E-state index in [1.165, 1.54) is 17.0 Å². The summed E-state index contributed by atoms with van der Waals surface area (Å²) in [5.74, 6) is -0.571. The molecule has 7 heteroatoms. The first-order valence-electron chi connectivity index (χ1n) is 9.88. The molecule has 4 rings (SSSR count). The van der Waals surface area contributed by atoms with E-state index >= 15 is 0 Å². The van der Waals surface area contributed by atoms with Crippen LogP contribution in [0.3, 0.4) is 0 Å². The first kappa shape index (κ1) is 20.8. The SMILES string of the molecule is CS(=O)(=O)c1ccc2c(c1)NC(=O)[C@H](Cc1ccccc1)N2C(=O)Cc1ccccc1. The van der Waals surface area contributed by atoms with Crippen molar-refractivity contribution in [3.8, 4) is 0 Å². The Balaban J connectivity index is 1.76. The number of anilines is 2. The average molecular weight is 435 g/mol. The van der Waals surface area contributed by atoms with E-state index in [2.05, 4.69) is 5.32 Å². The molecule has 1 aliphatic rings. The molecule has 0 radical (unpaired) electrons. The Hall–Kier alpha value is -3.45. The van der Waals surface area contributed by atoms with Gasteiger partial charge in [0.25, 0.3) is 0 Å². The highest BCUT2D eigenvalue weighted by atomic mass is 32.2. The molecule has 1 atom stereocenters. The van der Waals surface area contributed by atoms with Crippen LogP contribution in [-0.2, 0) is 32.3 Å². The topological polar surface area (TPSA) is 83.6 Å². The van der Waals surface area contributed by atoms with Gasteiger partial charge in [-0.15, -0.1) is 0 Å². The first-order valence-corrected chi connectivity index (χ1v) is 11.8. The third kappa shape index (κ3) is 4.51. The molecule has 0 unspecified atom stereocenters. The summed E-state index contributed by atoms with van der Waals surface area (Å²) < 4.78 is 23.9. The quantitative estimate of drug-likeness (QED) is 0.668. The van der Waals surface area contributed by atoms with E-state index in [4.69, 9.17) is 0 Å². The number of benzene rings is 3. The Morgan fingerprint density at radius 2 is 1.55 bits per heavy atom. The number of carbonyl (C=O) groups is 2. The number of fused-ring (bicyclic) bond motifs is 1. The van der Waals surface area contributed by atoms with Gasteiger partial charge in [-0.3, -0.25) is 14.5 Å². The van der Waals surface area contributed by atoms with Crippen LogP contribution in [0.4, 0.5) is 11.4 Å². The second kappa shape index (κ2) is 8.35. The molecule has 0 aliphatic carbocycles. The number of amides is 2. The minimum absolute atomic E-state index is 0.0866. The van der Waals surface area contributed by atoms with Gasteiger partial charge in [0.1, 0.15) is 6.04 Å². The first-order chi connectivity index (χ1) is 14.8. The van der Waals surface area contributed by atoms with E-state index in [-0.39, 0.29) is 23.1 Å². The second-order valence-electron chi connectivity index (χ2n) is 7.57. The maximum absolute atomic E-state index is 13.4. The zero-order valence-corrected chi connectivity index (χ0v) is 17.8. The second-order valence-corrected chi connectivity index (χ2v) is 9.59. The number of nitrogens with zero attached hydrogens (tertiary/aromatic N) is 1. The van der Waals surface area contributed by atoms with Crippen LogP contribution in [0.25, 0.3) is 0 Å². The zero-order chi connectivity index (χ0) is 22.0. The number of hydrogen-bond acceptors (Lipinski definition) is 4. The summed E-state index contributed by atoms with van der Waals surface area (Å²) in [6.45, 7) is 0. The molecule has 31 heavy (non-hydrogen) atoms. The maximum Gasteiger partial charge on any atom is 0.247 e. The van der Waals surface area contributed by atoms with Gasteiger partial charge >= 0.3 is 0 Å². The molecule has 2 amide bonds. The van der Waals surface area contributed by atoms with Crippen LogP contribution in [0.5, 0.6) is 0 Å². The molecule has 3 aromatic carbocycles. The minimum atomic E-state index is -3.46. The number of sulfone groups is 1. The molecule has 1 aliphatic heterocycles. The number of carbonyl (C=O) groups excluding carboxylic acids is 2. The Morgan fingerprint density at radius 3 is 2.16 bits per heavy atom. The summed E-state index contributed by atoms with van der Waals surface area (Å²) in [5.41, 5.74) is 2.58. The Labute approximate surface area is 181 Å². The van der Waals surface area contributed by atoms with Gasteiger partial charge < -0.3 is 5.32 Å². The van der Waals surface area contributed by atoms with Crippen molar-refractivity contribution >= 4 is 33.0 Å². The monoisotopic (exact) mass is 434 g/mol. The van der Waals surface area contributed by atoms with Crippen molar-refractivity contribution in [2.24, 2.45) is 0 Å². The molecule has 0 aromatic heterocycles. The van der Waals surface area contributed by atoms with Gasteiger partial charge in [-0.25, -0.2) is 8.42 Å². The summed E-state index contributed by atoms with van der Waals surface area (Å²) in [6.07, 6.45) is 1.59. The van der Waals surface area contributed by atoms with E-state index in [1.54, 1.807) is 6.07 Å². The summed E-state index contributed by atoms with van der Waals surface area (Å²) >= 11 is 0. The van der Waals surface area contributed by atoms with E-state index in [1.807, 2.05) is 60.7 Å². The molecular weight excluding hydrogens is 412 g/mol. The van der Waals surface area contributed by atoms with Gasteiger partial charge in [0, 0.05) is 12.7 Å². The van der Waals surface area contributed by atoms with Gasteiger partial charge in [0.15, 0.2) is 9.84 Å². The summed E-state index contributed by atoms with van der Waals surface area (Å²) in [4.78, 5) is 28.0. The molecule has 0 spiro atoms. The summed E-state index contributed by atoms with van der Waals surface area (Å²) in [6, 6.07) is 22.5. The van der Waals surface area contributed by atoms with Crippen LogP contribution in [-0.4, -0.2) is 32.5 Å². The van der Waals surface area contributed by atoms with Crippen LogP contribution in [0.15, 0.2) is 83.8 Å². The standard InChI is InChI=1S/C24H22N2O4S/c1-31(29,30)19-12-13-21-20(16-19)25-24(28)22(14-17-8-4-2-5-9-17)26(21)23(27)15-18-10-6-3-7-11-18/h2-13,16,22H,14-15H2,1H3,(H,25,28)/t22-/m0/s1. The predicted octanol–water partition coefficient (Wildman–Crippen LogP) is 3.23. The zero-order valence-electron chi connectivity index (χ0n) is 17.0. The van der Waals surface area contributed by atoms with E-state index in [0.29, 0.717) is 17.8 Å². The van der Waals surface area contributed by atoms with Crippen LogP contribution < -0.4 is 10.2 Å². The normalized spacial score (nSPS) is 15.8. The lowest BCUT2D eigenvalue weighted by Crippen LogP contribution is -2.52. The van der Waals surface area contributed by atoms with Crippen molar-refractivity contribution in [1.82, 2.24) is 0 Å². The molecular formula is C24H22N2O4S. The third-order valence-electron chi connectivity index (χ3n) is 5.27. The van der Waals surface area contributed by atoms with Crippen LogP contribution in [0, 0.1) is 0 Å². The Bertz CT molecular complexity index is 1220. The Kier molecular flexibility index (Phi) is 5.61. The molecule has 1 N–H and O–H groups in total. The number of hydrogen-bond donors (Lipinski definition) is 1. The molecule has 158 valence electrons. The Morgan fingerprint density at radius 1 is 0.935 bits per heavy atom. The van der Waals surface area contributed by atoms with Gasteiger partial charge in [-0.1, -0.05) is 60.7 Å². The van der Waals surface area contributed by atoms with Gasteiger partial charge in [0.05, 0.1) is 22.7 Å². The highest BCUT2D eigenvalue weighted by Crippen LogP contribution is 2.35. The van der Waals surface area contributed by atoms with Gasteiger partial charge in [-0.05, 0) is 29.3 Å². The van der Waals surface area contributed by atoms with E-state index < -0.39 is 15.9 Å². The fraction of sp³-hybridized carbons (Fsp3) is 0.167. The van der Waals surface area contributed by atoms with Crippen molar-refractivity contribution in [2.75, 3.05) is 16.5 Å². The predicted molar refractivity (Wildman–Crippen MR) is 120 cm³/mol. The third-order valence-corrected chi connectivity index (χ3v) is 6.38. The van der Waals surface area contributed by atoms with Crippen molar-refractivity contribution in [1.29, 1.82) is 0 Å². The van der Waals surface area contributed by atoms with Crippen molar-refractivity contribution < 1.29 is 18.0 Å². The molecule has 0 saturated carbocycles. The number of nitrogens with one attached hydrogen (secondary N) is 1. The molecule has 0 fully saturated rings. The lowest BCUT2D eigenvalue weighted by atomic mass is 9.99. The fourth-order valence-electron chi connectivity index (χ4n) is 3.74. The lowest BCUT2D eigenvalue weighted by molar-refractivity contribution is -0.123. The van der Waals surface area contributed by atoms with Gasteiger partial charge in [-0.2, -0.15) is 0 Å². The van der Waals surface area contributed by atoms with Crippen molar-refractivity contribution in [3.05, 3.63) is 90.0 Å². The molecule has 0 bridgehead atoms. The highest BCUT2D eigenvalue weighted by molar-refractivity contribution is 7.90. The van der Waals surface area contributed by atoms with Crippen LogP contribution in [0.2, 0.25) is 0 Å². The van der Waals surface area contributed by atoms with Crippen LogP contribution in [0.1, 0.15) is 11.1 Å². The van der Waals surface area contributed by atoms with Crippen molar-refractivity contribution in [2.45, 2.75) is 23.8 Å². The van der Waals surface area contributed by atoms with E-state index in [9.17, 15) is 18.0 Å². The van der Waals surface area contributed by atoms with Crippen LogP contribution >= 0.6 is 0 Å².